The average molecular weight is 461 g/mol. The number of hydrogen-bond acceptors (Lipinski definition) is 4. The van der Waals surface area contributed by atoms with Crippen molar-refractivity contribution in [3.63, 3.8) is 0 Å². The van der Waals surface area contributed by atoms with Crippen molar-refractivity contribution < 1.29 is 14.3 Å². The van der Waals surface area contributed by atoms with Gasteiger partial charge in [-0.25, -0.2) is 0 Å². The Kier molecular flexibility index (Phi) is 6.47. The van der Waals surface area contributed by atoms with Gasteiger partial charge < -0.3 is 9.30 Å². The molecule has 6 heteroatoms. The van der Waals surface area contributed by atoms with Crippen LogP contribution in [0, 0.1) is 34.6 Å². The highest BCUT2D eigenvalue weighted by Crippen LogP contribution is 2.34. The molecule has 3 aromatic rings. The molecular formula is C27H28N2O3S. The summed E-state index contributed by atoms with van der Waals surface area (Å²) in [6.07, 6.45) is 1.83. The van der Waals surface area contributed by atoms with E-state index < -0.39 is 0 Å². The molecule has 0 aliphatic carbocycles. The third-order valence-corrected chi connectivity index (χ3v) is 6.96. The lowest BCUT2D eigenvalue weighted by atomic mass is 10.1. The van der Waals surface area contributed by atoms with Crippen molar-refractivity contribution in [2.24, 2.45) is 0 Å². The molecule has 1 fully saturated rings. The monoisotopic (exact) mass is 460 g/mol. The molecule has 1 aliphatic rings. The molecule has 5 nitrogen and oxygen atoms in total. The number of nitrogens with zero attached hydrogens (tertiary/aromatic N) is 2. The van der Waals surface area contributed by atoms with Gasteiger partial charge in [0.05, 0.1) is 11.4 Å². The van der Waals surface area contributed by atoms with Crippen molar-refractivity contribution in [3.05, 3.63) is 87.1 Å². The third kappa shape index (κ3) is 4.62. The van der Waals surface area contributed by atoms with Crippen LogP contribution in [0.15, 0.2) is 53.4 Å². The number of ether oxygens (including phenoxy) is 1. The van der Waals surface area contributed by atoms with E-state index in [9.17, 15) is 9.59 Å². The van der Waals surface area contributed by atoms with E-state index in [1.165, 1.54) is 16.0 Å². The largest absolute Gasteiger partial charge is 0.492 e. The minimum atomic E-state index is -0.269. The van der Waals surface area contributed by atoms with E-state index in [4.69, 9.17) is 4.74 Å². The molecule has 0 unspecified atom stereocenters. The van der Waals surface area contributed by atoms with Gasteiger partial charge in [-0.1, -0.05) is 29.8 Å². The Bertz CT molecular complexity index is 1260. The molecular weight excluding hydrogens is 432 g/mol. The van der Waals surface area contributed by atoms with Crippen molar-refractivity contribution in [3.8, 4) is 11.4 Å². The molecule has 33 heavy (non-hydrogen) atoms. The van der Waals surface area contributed by atoms with Crippen LogP contribution in [0.25, 0.3) is 11.8 Å². The lowest BCUT2D eigenvalue weighted by Crippen LogP contribution is -2.32. The number of rotatable bonds is 6. The molecule has 4 rings (SSSR count). The Morgan fingerprint density at radius 1 is 0.970 bits per heavy atom. The first-order valence-electron chi connectivity index (χ1n) is 11.0. The summed E-state index contributed by atoms with van der Waals surface area (Å²) in [7, 11) is 0. The van der Waals surface area contributed by atoms with Gasteiger partial charge in [-0.15, -0.1) is 0 Å². The van der Waals surface area contributed by atoms with Crippen molar-refractivity contribution in [2.45, 2.75) is 34.6 Å². The number of carbonyl (C=O) groups excluding carboxylic acids is 2. The number of thioether (sulfide) groups is 1. The zero-order chi connectivity index (χ0) is 23.7. The molecule has 2 aromatic carbocycles. The van der Waals surface area contributed by atoms with Crippen LogP contribution in [-0.4, -0.2) is 33.8 Å². The summed E-state index contributed by atoms with van der Waals surface area (Å²) in [5.41, 5.74) is 7.79. The summed E-state index contributed by atoms with van der Waals surface area (Å²) in [5.74, 6) is 0.455. The maximum atomic E-state index is 12.9. The molecule has 0 N–H and O–H groups in total. The summed E-state index contributed by atoms with van der Waals surface area (Å²) in [6, 6.07) is 16.0. The average Bonchev–Trinajstić information content (AvgIpc) is 3.21. The molecule has 0 bridgehead atoms. The lowest BCUT2D eigenvalue weighted by Gasteiger charge is -2.14. The van der Waals surface area contributed by atoms with Gasteiger partial charge in [0, 0.05) is 17.1 Å². The molecule has 2 amide bonds. The van der Waals surface area contributed by atoms with Crippen LogP contribution in [0.4, 0.5) is 4.79 Å². The number of imide groups is 1. The zero-order valence-corrected chi connectivity index (χ0v) is 20.5. The molecule has 0 spiro atoms. The van der Waals surface area contributed by atoms with E-state index in [-0.39, 0.29) is 24.3 Å². The Morgan fingerprint density at radius 3 is 2.42 bits per heavy atom. The number of benzene rings is 2. The van der Waals surface area contributed by atoms with E-state index in [0.717, 1.165) is 45.7 Å². The Hall–Kier alpha value is -3.25. The predicted molar refractivity (Wildman–Crippen MR) is 134 cm³/mol. The van der Waals surface area contributed by atoms with Crippen molar-refractivity contribution in [1.82, 2.24) is 9.47 Å². The molecule has 1 aliphatic heterocycles. The second-order valence-electron chi connectivity index (χ2n) is 8.38. The maximum Gasteiger partial charge on any atom is 0.293 e. The van der Waals surface area contributed by atoms with Crippen molar-refractivity contribution >= 4 is 29.0 Å². The van der Waals surface area contributed by atoms with Crippen molar-refractivity contribution in [1.29, 1.82) is 0 Å². The summed E-state index contributed by atoms with van der Waals surface area (Å²) in [5, 5.41) is -0.262. The van der Waals surface area contributed by atoms with Crippen molar-refractivity contribution in [2.75, 3.05) is 13.2 Å². The van der Waals surface area contributed by atoms with Crippen LogP contribution in [0.2, 0.25) is 0 Å². The highest BCUT2D eigenvalue weighted by molar-refractivity contribution is 8.18. The summed E-state index contributed by atoms with van der Waals surface area (Å²) >= 11 is 0.984. The lowest BCUT2D eigenvalue weighted by molar-refractivity contribution is -0.123. The van der Waals surface area contributed by atoms with E-state index in [1.54, 1.807) is 0 Å². The summed E-state index contributed by atoms with van der Waals surface area (Å²) in [4.78, 5) is 27.1. The van der Waals surface area contributed by atoms with Gasteiger partial charge in [0.2, 0.25) is 0 Å². The fourth-order valence-electron chi connectivity index (χ4n) is 4.01. The highest BCUT2D eigenvalue weighted by Gasteiger charge is 2.35. The predicted octanol–water partition coefficient (Wildman–Crippen LogP) is 6.13. The van der Waals surface area contributed by atoms with Crippen LogP contribution in [0.3, 0.4) is 0 Å². The maximum absolute atomic E-state index is 12.9. The van der Waals surface area contributed by atoms with Gasteiger partial charge in [0.15, 0.2) is 0 Å². The Labute approximate surface area is 199 Å². The van der Waals surface area contributed by atoms with Gasteiger partial charge in [0.1, 0.15) is 12.4 Å². The third-order valence-electron chi connectivity index (χ3n) is 6.05. The summed E-state index contributed by atoms with van der Waals surface area (Å²) in [6.45, 7) is 10.8. The normalized spacial score (nSPS) is 15.1. The fraction of sp³-hybridized carbons (Fsp3) is 0.259. The minimum Gasteiger partial charge on any atom is -0.492 e. The van der Waals surface area contributed by atoms with Crippen LogP contribution >= 0.6 is 11.8 Å². The van der Waals surface area contributed by atoms with Crippen LogP contribution in [0.1, 0.15) is 33.6 Å². The van der Waals surface area contributed by atoms with E-state index in [1.807, 2.05) is 44.2 Å². The Balaban J connectivity index is 1.51. The number of amides is 2. The standard InChI is InChI=1S/C27H28N2O3S/c1-17-9-11-23(12-10-17)32-14-13-28-26(30)25(33-27(28)31)16-22-15-19(3)29(21(22)5)24-8-6-7-18(2)20(24)4/h6-12,15-16H,13-14H2,1-5H3/b25-16-. The van der Waals surface area contributed by atoms with Gasteiger partial charge in [0.25, 0.3) is 11.1 Å². The molecule has 0 saturated carbocycles. The molecule has 2 heterocycles. The quantitative estimate of drug-likeness (QED) is 0.415. The second-order valence-corrected chi connectivity index (χ2v) is 9.37. The number of carbonyl (C=O) groups is 2. The number of aromatic nitrogens is 1. The second kappa shape index (κ2) is 9.32. The van der Waals surface area contributed by atoms with Crippen LogP contribution in [-0.2, 0) is 4.79 Å². The van der Waals surface area contributed by atoms with Gasteiger partial charge in [-0.05, 0) is 93.4 Å². The molecule has 0 atom stereocenters. The first-order chi connectivity index (χ1) is 15.8. The number of aryl methyl sites for hydroxylation is 3. The van der Waals surface area contributed by atoms with Gasteiger partial charge >= 0.3 is 0 Å². The fourth-order valence-corrected chi connectivity index (χ4v) is 4.86. The minimum absolute atomic E-state index is 0.220. The number of hydrogen-bond donors (Lipinski definition) is 0. The van der Waals surface area contributed by atoms with E-state index in [2.05, 4.69) is 49.6 Å². The van der Waals surface area contributed by atoms with E-state index >= 15 is 0 Å². The summed E-state index contributed by atoms with van der Waals surface area (Å²) < 4.78 is 7.91. The van der Waals surface area contributed by atoms with E-state index in [0.29, 0.717) is 4.91 Å². The molecule has 1 saturated heterocycles. The highest BCUT2D eigenvalue weighted by atomic mass is 32.2. The molecule has 170 valence electrons. The van der Waals surface area contributed by atoms with Crippen LogP contribution < -0.4 is 4.74 Å². The smallest absolute Gasteiger partial charge is 0.293 e. The van der Waals surface area contributed by atoms with Gasteiger partial charge in [-0.2, -0.15) is 0 Å². The topological polar surface area (TPSA) is 51.5 Å². The van der Waals surface area contributed by atoms with Gasteiger partial charge in [-0.3, -0.25) is 14.5 Å². The first-order valence-corrected chi connectivity index (χ1v) is 11.8. The first kappa shape index (κ1) is 22.9. The van der Waals surface area contributed by atoms with Crippen LogP contribution in [0.5, 0.6) is 5.75 Å². The molecule has 1 aromatic heterocycles. The molecule has 0 radical (unpaired) electrons. The zero-order valence-electron chi connectivity index (χ0n) is 19.6. The SMILES string of the molecule is Cc1ccc(OCCN2C(=O)S/C(=C\c3cc(C)n(-c4cccc(C)c4C)c3C)C2=O)cc1. The Morgan fingerprint density at radius 2 is 1.70 bits per heavy atom.